The molecule has 0 aromatic carbocycles. The number of carboxylic acids is 1. The van der Waals surface area contributed by atoms with E-state index in [0.717, 1.165) is 5.69 Å². The van der Waals surface area contributed by atoms with Crippen molar-refractivity contribution in [3.63, 3.8) is 0 Å². The molecule has 1 aromatic heterocycles. The predicted molar refractivity (Wildman–Crippen MR) is 42.9 cm³/mol. The van der Waals surface area contributed by atoms with Gasteiger partial charge in [-0.1, -0.05) is 0 Å². The third-order valence-corrected chi connectivity index (χ3v) is 2.52. The Morgan fingerprint density at radius 1 is 1.82 bits per heavy atom. The summed E-state index contributed by atoms with van der Waals surface area (Å²) in [6.07, 6.45) is 0. The van der Waals surface area contributed by atoms with E-state index in [1.807, 2.05) is 12.3 Å². The highest BCUT2D eigenvalue weighted by Crippen LogP contribution is 2.19. The third kappa shape index (κ3) is 1.77. The van der Waals surface area contributed by atoms with E-state index < -0.39 is 11.9 Å². The lowest BCUT2D eigenvalue weighted by Crippen LogP contribution is -2.06. The molecule has 0 amide bonds. The van der Waals surface area contributed by atoms with Gasteiger partial charge >= 0.3 is 5.97 Å². The Kier molecular flexibility index (Phi) is 2.24. The van der Waals surface area contributed by atoms with Crippen LogP contribution in [0.25, 0.3) is 0 Å². The minimum atomic E-state index is -0.820. The van der Waals surface area contributed by atoms with E-state index in [4.69, 9.17) is 5.11 Å². The Hall–Kier alpha value is -0.900. The highest BCUT2D eigenvalue weighted by Gasteiger charge is 2.16. The molecule has 1 unspecified atom stereocenters. The van der Waals surface area contributed by atoms with E-state index in [2.05, 4.69) is 4.98 Å². The number of aliphatic carboxylic acids is 1. The molecule has 1 aromatic rings. The first kappa shape index (κ1) is 8.20. The van der Waals surface area contributed by atoms with Gasteiger partial charge in [0, 0.05) is 11.1 Å². The topological polar surface area (TPSA) is 50.2 Å². The minimum absolute atomic E-state index is 0.478. The second-order valence-electron chi connectivity index (χ2n) is 2.39. The quantitative estimate of drug-likeness (QED) is 0.735. The van der Waals surface area contributed by atoms with Gasteiger partial charge in [-0.2, -0.15) is 0 Å². The number of thiazole rings is 1. The molecule has 4 heteroatoms. The van der Waals surface area contributed by atoms with Gasteiger partial charge in [0.05, 0.1) is 0 Å². The monoisotopic (exact) mass is 171 g/mol. The van der Waals surface area contributed by atoms with Gasteiger partial charge in [-0.25, -0.2) is 4.98 Å². The summed E-state index contributed by atoms with van der Waals surface area (Å²) in [4.78, 5) is 14.5. The van der Waals surface area contributed by atoms with Crippen molar-refractivity contribution in [2.75, 3.05) is 0 Å². The second kappa shape index (κ2) is 3.00. The van der Waals surface area contributed by atoms with Crippen LogP contribution in [0.5, 0.6) is 0 Å². The molecule has 0 aliphatic rings. The Morgan fingerprint density at radius 3 is 2.82 bits per heavy atom. The first-order valence-corrected chi connectivity index (χ1v) is 4.14. The summed E-state index contributed by atoms with van der Waals surface area (Å²) in [5, 5.41) is 11.1. The van der Waals surface area contributed by atoms with Gasteiger partial charge in [0.2, 0.25) is 0 Å². The molecule has 0 saturated carbocycles. The molecule has 0 radical (unpaired) electrons. The summed E-state index contributed by atoms with van der Waals surface area (Å²) in [6, 6.07) is 0. The predicted octanol–water partition coefficient (Wildman–Crippen LogP) is 1.64. The molecule has 0 bridgehead atoms. The van der Waals surface area contributed by atoms with Gasteiger partial charge in [0.1, 0.15) is 10.9 Å². The van der Waals surface area contributed by atoms with Crippen molar-refractivity contribution in [3.8, 4) is 0 Å². The zero-order chi connectivity index (χ0) is 8.43. The highest BCUT2D eigenvalue weighted by atomic mass is 32.1. The van der Waals surface area contributed by atoms with Crippen molar-refractivity contribution in [3.05, 3.63) is 16.1 Å². The van der Waals surface area contributed by atoms with Gasteiger partial charge in [0.15, 0.2) is 0 Å². The van der Waals surface area contributed by atoms with Crippen LogP contribution in [-0.4, -0.2) is 16.1 Å². The number of aromatic nitrogens is 1. The number of carbonyl (C=O) groups is 1. The fourth-order valence-corrected chi connectivity index (χ4v) is 1.52. The molecule has 1 heterocycles. The fraction of sp³-hybridized carbons (Fsp3) is 0.429. The summed E-state index contributed by atoms with van der Waals surface area (Å²) >= 11 is 1.39. The molecule has 0 spiro atoms. The molecule has 0 saturated heterocycles. The maximum atomic E-state index is 10.5. The Bertz CT molecular complexity index is 269. The van der Waals surface area contributed by atoms with Crippen LogP contribution in [0.4, 0.5) is 0 Å². The van der Waals surface area contributed by atoms with Crippen LogP contribution in [0.2, 0.25) is 0 Å². The second-order valence-corrected chi connectivity index (χ2v) is 3.28. The van der Waals surface area contributed by atoms with Crippen molar-refractivity contribution in [2.45, 2.75) is 19.8 Å². The highest BCUT2D eigenvalue weighted by molar-refractivity contribution is 7.09. The maximum absolute atomic E-state index is 10.5. The standard InChI is InChI=1S/C7H9NO2S/c1-4-3-11-6(8-4)5(2)7(9)10/h3,5H,1-2H3,(H,9,10). The molecule has 0 aliphatic carbocycles. The number of rotatable bonds is 2. The summed E-state index contributed by atoms with van der Waals surface area (Å²) in [6.45, 7) is 3.50. The zero-order valence-corrected chi connectivity index (χ0v) is 7.18. The molecular formula is C7H9NO2S. The van der Waals surface area contributed by atoms with Crippen molar-refractivity contribution < 1.29 is 9.90 Å². The average molecular weight is 171 g/mol. The lowest BCUT2D eigenvalue weighted by molar-refractivity contribution is -0.138. The normalized spacial score (nSPS) is 12.9. The molecule has 60 valence electrons. The van der Waals surface area contributed by atoms with E-state index in [9.17, 15) is 4.79 Å². The van der Waals surface area contributed by atoms with Crippen molar-refractivity contribution in [1.82, 2.24) is 4.98 Å². The van der Waals surface area contributed by atoms with Gasteiger partial charge < -0.3 is 5.11 Å². The first-order chi connectivity index (χ1) is 5.11. The number of carboxylic acid groups (broad SMARTS) is 1. The molecule has 1 atom stereocenters. The zero-order valence-electron chi connectivity index (χ0n) is 6.37. The largest absolute Gasteiger partial charge is 0.481 e. The van der Waals surface area contributed by atoms with E-state index >= 15 is 0 Å². The van der Waals surface area contributed by atoms with Crippen LogP contribution in [0.3, 0.4) is 0 Å². The molecule has 1 rings (SSSR count). The number of aryl methyl sites for hydroxylation is 1. The summed E-state index contributed by atoms with van der Waals surface area (Å²) in [5.74, 6) is -1.30. The SMILES string of the molecule is Cc1csc(C(C)C(=O)O)n1. The number of nitrogens with zero attached hydrogens (tertiary/aromatic N) is 1. The minimum Gasteiger partial charge on any atom is -0.481 e. The first-order valence-electron chi connectivity index (χ1n) is 3.26. The summed E-state index contributed by atoms with van der Waals surface area (Å²) < 4.78 is 0. The average Bonchev–Trinajstić information content (AvgIpc) is 2.34. The fourth-order valence-electron chi connectivity index (χ4n) is 0.677. The van der Waals surface area contributed by atoms with Crippen LogP contribution in [-0.2, 0) is 4.79 Å². The van der Waals surface area contributed by atoms with Crippen molar-refractivity contribution in [1.29, 1.82) is 0 Å². The lowest BCUT2D eigenvalue weighted by Gasteiger charge is -1.98. The molecular weight excluding hydrogens is 162 g/mol. The summed E-state index contributed by atoms with van der Waals surface area (Å²) in [7, 11) is 0. The Balaban J connectivity index is 2.84. The third-order valence-electron chi connectivity index (χ3n) is 1.38. The van der Waals surface area contributed by atoms with E-state index in [1.54, 1.807) is 6.92 Å². The van der Waals surface area contributed by atoms with Crippen molar-refractivity contribution in [2.24, 2.45) is 0 Å². The van der Waals surface area contributed by atoms with Gasteiger partial charge in [0.25, 0.3) is 0 Å². The molecule has 0 fully saturated rings. The van der Waals surface area contributed by atoms with Gasteiger partial charge in [-0.15, -0.1) is 11.3 Å². The van der Waals surface area contributed by atoms with Crippen LogP contribution in [0.1, 0.15) is 23.5 Å². The number of hydrogen-bond acceptors (Lipinski definition) is 3. The lowest BCUT2D eigenvalue weighted by atomic mass is 10.2. The Labute approximate surface area is 68.7 Å². The summed E-state index contributed by atoms with van der Waals surface area (Å²) in [5.41, 5.74) is 0.887. The van der Waals surface area contributed by atoms with Gasteiger partial charge in [-0.3, -0.25) is 4.79 Å². The van der Waals surface area contributed by atoms with E-state index in [-0.39, 0.29) is 0 Å². The van der Waals surface area contributed by atoms with Crippen LogP contribution in [0, 0.1) is 6.92 Å². The van der Waals surface area contributed by atoms with Gasteiger partial charge in [-0.05, 0) is 13.8 Å². The smallest absolute Gasteiger partial charge is 0.313 e. The maximum Gasteiger partial charge on any atom is 0.313 e. The van der Waals surface area contributed by atoms with Crippen LogP contribution >= 0.6 is 11.3 Å². The van der Waals surface area contributed by atoms with Crippen LogP contribution in [0.15, 0.2) is 5.38 Å². The van der Waals surface area contributed by atoms with Crippen LogP contribution < -0.4 is 0 Å². The molecule has 11 heavy (non-hydrogen) atoms. The molecule has 1 N–H and O–H groups in total. The Morgan fingerprint density at radius 2 is 2.45 bits per heavy atom. The number of hydrogen-bond donors (Lipinski definition) is 1. The van der Waals surface area contributed by atoms with E-state index in [1.165, 1.54) is 11.3 Å². The molecule has 0 aliphatic heterocycles. The molecule has 3 nitrogen and oxygen atoms in total. The van der Waals surface area contributed by atoms with Crippen molar-refractivity contribution >= 4 is 17.3 Å². The van der Waals surface area contributed by atoms with E-state index in [0.29, 0.717) is 5.01 Å².